The molecule has 0 aliphatic rings. The van der Waals surface area contributed by atoms with Crippen LogP contribution in [0.25, 0.3) is 0 Å². The Hall–Kier alpha value is -2.70. The SMILES string of the molecule is COC(=O)Cc1ccc(Oc2ccc(N)cc2C(F)(F)F)cc1. The summed E-state index contributed by atoms with van der Waals surface area (Å²) in [4.78, 5) is 11.2. The summed E-state index contributed by atoms with van der Waals surface area (Å²) in [6, 6.07) is 9.44. The molecule has 0 bridgehead atoms. The number of anilines is 1. The van der Waals surface area contributed by atoms with Crippen LogP contribution >= 0.6 is 0 Å². The molecular weight excluding hydrogens is 311 g/mol. The first kappa shape index (κ1) is 16.7. The van der Waals surface area contributed by atoms with Gasteiger partial charge in [-0.2, -0.15) is 13.2 Å². The van der Waals surface area contributed by atoms with Crippen LogP contribution in [0.3, 0.4) is 0 Å². The Bertz CT molecular complexity index is 697. The van der Waals surface area contributed by atoms with Gasteiger partial charge in [0.25, 0.3) is 0 Å². The van der Waals surface area contributed by atoms with E-state index in [4.69, 9.17) is 10.5 Å². The van der Waals surface area contributed by atoms with E-state index in [-0.39, 0.29) is 23.6 Å². The van der Waals surface area contributed by atoms with Crippen LogP contribution in [0.5, 0.6) is 11.5 Å². The minimum atomic E-state index is -4.57. The summed E-state index contributed by atoms with van der Waals surface area (Å²) in [7, 11) is 1.28. The fourth-order valence-corrected chi connectivity index (χ4v) is 1.90. The standard InChI is InChI=1S/C16H14F3NO3/c1-22-15(21)8-10-2-5-12(6-3-10)23-14-7-4-11(20)9-13(14)16(17,18)19/h2-7,9H,8,20H2,1H3. The molecule has 7 heteroatoms. The number of carbonyl (C=O) groups excluding carboxylic acids is 1. The highest BCUT2D eigenvalue weighted by molar-refractivity contribution is 5.72. The number of benzene rings is 2. The largest absolute Gasteiger partial charge is 0.469 e. The van der Waals surface area contributed by atoms with E-state index >= 15 is 0 Å². The van der Waals surface area contributed by atoms with Crippen molar-refractivity contribution in [3.63, 3.8) is 0 Å². The van der Waals surface area contributed by atoms with Crippen molar-refractivity contribution in [2.45, 2.75) is 12.6 Å². The Morgan fingerprint density at radius 1 is 1.13 bits per heavy atom. The van der Waals surface area contributed by atoms with Crippen LogP contribution in [-0.2, 0) is 22.1 Å². The molecule has 122 valence electrons. The van der Waals surface area contributed by atoms with E-state index in [0.29, 0.717) is 5.56 Å². The second-order valence-electron chi connectivity index (χ2n) is 4.75. The molecule has 0 aromatic heterocycles. The Morgan fingerprint density at radius 3 is 2.35 bits per heavy atom. The smallest absolute Gasteiger partial charge is 0.420 e. The average Bonchev–Trinajstić information content (AvgIpc) is 2.50. The number of hydrogen-bond acceptors (Lipinski definition) is 4. The Kier molecular flexibility index (Phi) is 4.78. The van der Waals surface area contributed by atoms with E-state index in [1.165, 1.54) is 31.4 Å². The highest BCUT2D eigenvalue weighted by Crippen LogP contribution is 2.39. The number of methoxy groups -OCH3 is 1. The van der Waals surface area contributed by atoms with Crippen molar-refractivity contribution in [1.29, 1.82) is 0 Å². The molecule has 0 saturated heterocycles. The zero-order valence-electron chi connectivity index (χ0n) is 12.2. The molecule has 0 fully saturated rings. The van der Waals surface area contributed by atoms with Gasteiger partial charge in [0.2, 0.25) is 0 Å². The lowest BCUT2D eigenvalue weighted by Gasteiger charge is -2.14. The van der Waals surface area contributed by atoms with E-state index in [1.807, 2.05) is 0 Å². The van der Waals surface area contributed by atoms with Gasteiger partial charge in [0.1, 0.15) is 17.1 Å². The number of nitrogens with two attached hydrogens (primary N) is 1. The molecule has 0 atom stereocenters. The second kappa shape index (κ2) is 6.60. The number of carbonyl (C=O) groups is 1. The number of alkyl halides is 3. The monoisotopic (exact) mass is 325 g/mol. The van der Waals surface area contributed by atoms with Crippen molar-refractivity contribution >= 4 is 11.7 Å². The molecule has 0 aliphatic heterocycles. The maximum atomic E-state index is 13.0. The summed E-state index contributed by atoms with van der Waals surface area (Å²) in [6.07, 6.45) is -4.50. The van der Waals surface area contributed by atoms with Crippen molar-refractivity contribution in [3.8, 4) is 11.5 Å². The summed E-state index contributed by atoms with van der Waals surface area (Å²) >= 11 is 0. The third-order valence-corrected chi connectivity index (χ3v) is 3.04. The Balaban J connectivity index is 2.21. The number of rotatable bonds is 4. The number of nitrogen functional groups attached to an aromatic ring is 1. The van der Waals surface area contributed by atoms with E-state index in [0.717, 1.165) is 6.07 Å². The fourth-order valence-electron chi connectivity index (χ4n) is 1.90. The normalized spacial score (nSPS) is 11.1. The molecule has 2 N–H and O–H groups in total. The molecule has 0 radical (unpaired) electrons. The van der Waals surface area contributed by atoms with Crippen LogP contribution in [-0.4, -0.2) is 13.1 Å². The lowest BCUT2D eigenvalue weighted by Crippen LogP contribution is -2.08. The summed E-state index contributed by atoms with van der Waals surface area (Å²) in [5, 5.41) is 0. The predicted molar refractivity (Wildman–Crippen MR) is 78.1 cm³/mol. The van der Waals surface area contributed by atoms with Crippen LogP contribution < -0.4 is 10.5 Å². The van der Waals surface area contributed by atoms with Crippen molar-refractivity contribution < 1.29 is 27.4 Å². The molecule has 0 amide bonds. The summed E-state index contributed by atoms with van der Waals surface area (Å²) in [6.45, 7) is 0. The van der Waals surface area contributed by atoms with Gasteiger partial charge in [-0.05, 0) is 35.9 Å². The second-order valence-corrected chi connectivity index (χ2v) is 4.75. The fraction of sp³-hybridized carbons (Fsp3) is 0.188. The van der Waals surface area contributed by atoms with Gasteiger partial charge in [0, 0.05) is 5.69 Å². The topological polar surface area (TPSA) is 61.5 Å². The van der Waals surface area contributed by atoms with Gasteiger partial charge in [-0.1, -0.05) is 12.1 Å². The lowest BCUT2D eigenvalue weighted by molar-refractivity contribution is -0.140. The maximum Gasteiger partial charge on any atom is 0.420 e. The van der Waals surface area contributed by atoms with Gasteiger partial charge in [-0.3, -0.25) is 4.79 Å². The molecule has 23 heavy (non-hydrogen) atoms. The van der Waals surface area contributed by atoms with Crippen LogP contribution in [0.2, 0.25) is 0 Å². The van der Waals surface area contributed by atoms with Crippen LogP contribution in [0.4, 0.5) is 18.9 Å². The molecular formula is C16H14F3NO3. The van der Waals surface area contributed by atoms with Crippen molar-refractivity contribution in [1.82, 2.24) is 0 Å². The third kappa shape index (κ3) is 4.38. The van der Waals surface area contributed by atoms with Gasteiger partial charge in [0.05, 0.1) is 13.5 Å². The van der Waals surface area contributed by atoms with E-state index in [9.17, 15) is 18.0 Å². The van der Waals surface area contributed by atoms with Gasteiger partial charge in [-0.15, -0.1) is 0 Å². The molecule has 2 aromatic carbocycles. The summed E-state index contributed by atoms with van der Waals surface area (Å²) in [5.74, 6) is -0.530. The van der Waals surface area contributed by atoms with Crippen molar-refractivity contribution in [3.05, 3.63) is 53.6 Å². The van der Waals surface area contributed by atoms with E-state index < -0.39 is 17.7 Å². The molecule has 0 unspecified atom stereocenters. The Labute approximate surface area is 130 Å². The zero-order valence-corrected chi connectivity index (χ0v) is 12.2. The van der Waals surface area contributed by atoms with Crippen molar-refractivity contribution in [2.24, 2.45) is 0 Å². The van der Waals surface area contributed by atoms with Gasteiger partial charge in [-0.25, -0.2) is 0 Å². The number of hydrogen-bond donors (Lipinski definition) is 1. The van der Waals surface area contributed by atoms with E-state index in [1.54, 1.807) is 12.1 Å². The van der Waals surface area contributed by atoms with Crippen LogP contribution in [0, 0.1) is 0 Å². The molecule has 0 aliphatic carbocycles. The number of halogens is 3. The first-order valence-electron chi connectivity index (χ1n) is 6.60. The minimum Gasteiger partial charge on any atom is -0.469 e. The average molecular weight is 325 g/mol. The molecule has 0 spiro atoms. The van der Waals surface area contributed by atoms with Crippen molar-refractivity contribution in [2.75, 3.05) is 12.8 Å². The quantitative estimate of drug-likeness (QED) is 0.686. The molecule has 2 rings (SSSR count). The van der Waals surface area contributed by atoms with Gasteiger partial charge in [0.15, 0.2) is 0 Å². The lowest BCUT2D eigenvalue weighted by atomic mass is 10.1. The van der Waals surface area contributed by atoms with Crippen LogP contribution in [0.15, 0.2) is 42.5 Å². The predicted octanol–water partition coefficient (Wildman–Crippen LogP) is 3.80. The summed E-state index contributed by atoms with van der Waals surface area (Å²) in [5.41, 5.74) is 5.11. The van der Waals surface area contributed by atoms with E-state index in [2.05, 4.69) is 4.74 Å². The highest BCUT2D eigenvalue weighted by atomic mass is 19.4. The molecule has 0 saturated carbocycles. The number of ether oxygens (including phenoxy) is 2. The first-order valence-corrected chi connectivity index (χ1v) is 6.60. The van der Waals surface area contributed by atoms with Gasteiger partial charge >= 0.3 is 12.1 Å². The highest BCUT2D eigenvalue weighted by Gasteiger charge is 2.34. The third-order valence-electron chi connectivity index (χ3n) is 3.04. The Morgan fingerprint density at radius 2 is 1.78 bits per heavy atom. The zero-order chi connectivity index (χ0) is 17.0. The first-order chi connectivity index (χ1) is 10.8. The number of esters is 1. The molecule has 4 nitrogen and oxygen atoms in total. The molecule has 2 aromatic rings. The summed E-state index contributed by atoms with van der Waals surface area (Å²) < 4.78 is 48.8. The minimum absolute atomic E-state index is 0.00176. The maximum absolute atomic E-state index is 13.0. The van der Waals surface area contributed by atoms with Gasteiger partial charge < -0.3 is 15.2 Å². The molecule has 0 heterocycles. The van der Waals surface area contributed by atoms with Crippen LogP contribution in [0.1, 0.15) is 11.1 Å².